The highest BCUT2D eigenvalue weighted by Gasteiger charge is 2.34. The van der Waals surface area contributed by atoms with E-state index in [0.29, 0.717) is 19.8 Å². The summed E-state index contributed by atoms with van der Waals surface area (Å²) in [6.45, 7) is 1.69. The van der Waals surface area contributed by atoms with E-state index in [1.54, 1.807) is 0 Å². The molecule has 0 saturated carbocycles. The summed E-state index contributed by atoms with van der Waals surface area (Å²) in [4.78, 5) is 0. The van der Waals surface area contributed by atoms with Gasteiger partial charge < -0.3 is 10.1 Å². The average Bonchev–Trinajstić information content (AvgIpc) is 2.78. The molecule has 6 heteroatoms. The first-order valence-electron chi connectivity index (χ1n) is 5.66. The maximum absolute atomic E-state index is 12.8. The summed E-state index contributed by atoms with van der Waals surface area (Å²) in [7, 11) is 0. The molecule has 100 valence electrons. The first-order chi connectivity index (χ1) is 8.48. The molecule has 1 unspecified atom stereocenters. The summed E-state index contributed by atoms with van der Waals surface area (Å²) in [5.41, 5.74) is -0.771. The van der Waals surface area contributed by atoms with Gasteiger partial charge in [0.25, 0.3) is 0 Å². The number of para-hydroxylation sites is 1. The van der Waals surface area contributed by atoms with E-state index >= 15 is 0 Å². The molecule has 0 bridgehead atoms. The standard InChI is InChI=1S/C12H13ClF3NO/c13-10-3-1-2-9(12(14,15)16)11(10)17-6-8-4-5-18-7-8/h1-3,8,17H,4-7H2. The number of anilines is 1. The molecule has 2 rings (SSSR count). The lowest BCUT2D eigenvalue weighted by Gasteiger charge is -2.17. The second kappa shape index (κ2) is 5.36. The zero-order valence-corrected chi connectivity index (χ0v) is 10.3. The number of benzene rings is 1. The van der Waals surface area contributed by atoms with Crippen molar-refractivity contribution in [2.45, 2.75) is 12.6 Å². The van der Waals surface area contributed by atoms with Gasteiger partial charge in [-0.05, 0) is 18.6 Å². The molecule has 1 fully saturated rings. The van der Waals surface area contributed by atoms with Crippen molar-refractivity contribution >= 4 is 17.3 Å². The zero-order valence-electron chi connectivity index (χ0n) is 9.56. The Kier molecular flexibility index (Phi) is 4.02. The molecule has 1 aromatic rings. The smallest absolute Gasteiger partial charge is 0.383 e. The van der Waals surface area contributed by atoms with E-state index in [-0.39, 0.29) is 16.6 Å². The fourth-order valence-corrected chi connectivity index (χ4v) is 2.17. The molecule has 1 atom stereocenters. The number of ether oxygens (including phenoxy) is 1. The highest BCUT2D eigenvalue weighted by molar-refractivity contribution is 6.33. The van der Waals surface area contributed by atoms with Crippen molar-refractivity contribution in [1.29, 1.82) is 0 Å². The van der Waals surface area contributed by atoms with Crippen LogP contribution >= 0.6 is 11.6 Å². The van der Waals surface area contributed by atoms with Crippen molar-refractivity contribution in [3.8, 4) is 0 Å². The molecule has 1 aliphatic rings. The van der Waals surface area contributed by atoms with E-state index in [2.05, 4.69) is 5.32 Å². The van der Waals surface area contributed by atoms with Crippen LogP contribution in [0.15, 0.2) is 18.2 Å². The first kappa shape index (κ1) is 13.5. The van der Waals surface area contributed by atoms with Crippen LogP contribution < -0.4 is 5.32 Å². The van der Waals surface area contributed by atoms with Gasteiger partial charge in [0.15, 0.2) is 0 Å². The first-order valence-corrected chi connectivity index (χ1v) is 6.03. The molecule has 1 aromatic carbocycles. The monoisotopic (exact) mass is 279 g/mol. The average molecular weight is 280 g/mol. The largest absolute Gasteiger partial charge is 0.418 e. The van der Waals surface area contributed by atoms with Crippen LogP contribution in [0.3, 0.4) is 0 Å². The predicted octanol–water partition coefficient (Wildman–Crippen LogP) is 3.81. The summed E-state index contributed by atoms with van der Waals surface area (Å²) in [5, 5.41) is 2.88. The van der Waals surface area contributed by atoms with Crippen LogP contribution in [-0.4, -0.2) is 19.8 Å². The van der Waals surface area contributed by atoms with Gasteiger partial charge in [-0.1, -0.05) is 17.7 Å². The Balaban J connectivity index is 2.14. The number of rotatable bonds is 3. The molecular formula is C12H13ClF3NO. The molecule has 0 spiro atoms. The third-order valence-electron chi connectivity index (χ3n) is 2.91. The highest BCUT2D eigenvalue weighted by atomic mass is 35.5. The molecule has 18 heavy (non-hydrogen) atoms. The van der Waals surface area contributed by atoms with Gasteiger partial charge in [0.1, 0.15) is 0 Å². The number of halogens is 4. The van der Waals surface area contributed by atoms with Gasteiger partial charge in [0.05, 0.1) is 22.9 Å². The summed E-state index contributed by atoms with van der Waals surface area (Å²) >= 11 is 5.83. The summed E-state index contributed by atoms with van der Waals surface area (Å²) in [5.74, 6) is 0.238. The minimum Gasteiger partial charge on any atom is -0.383 e. The lowest BCUT2D eigenvalue weighted by molar-refractivity contribution is -0.136. The van der Waals surface area contributed by atoms with Crippen molar-refractivity contribution in [3.05, 3.63) is 28.8 Å². The van der Waals surface area contributed by atoms with Gasteiger partial charge in [-0.25, -0.2) is 0 Å². The topological polar surface area (TPSA) is 21.3 Å². The Bertz CT molecular complexity index is 416. The molecular weight excluding hydrogens is 267 g/mol. The van der Waals surface area contributed by atoms with Crippen molar-refractivity contribution in [2.75, 3.05) is 25.1 Å². The normalized spacial score (nSPS) is 20.1. The lowest BCUT2D eigenvalue weighted by atomic mass is 10.1. The molecule has 1 saturated heterocycles. The van der Waals surface area contributed by atoms with Crippen LogP contribution in [0.4, 0.5) is 18.9 Å². The maximum Gasteiger partial charge on any atom is 0.418 e. The Labute approximate surface area is 108 Å². The zero-order chi connectivity index (χ0) is 13.2. The Hall–Kier alpha value is -0.940. The third kappa shape index (κ3) is 3.09. The fraction of sp³-hybridized carbons (Fsp3) is 0.500. The minimum absolute atomic E-state index is 0.0430. The van der Waals surface area contributed by atoms with Gasteiger partial charge in [-0.2, -0.15) is 13.2 Å². The van der Waals surface area contributed by atoms with E-state index in [1.165, 1.54) is 12.1 Å². The van der Waals surface area contributed by atoms with E-state index in [1.807, 2.05) is 0 Å². The summed E-state index contributed by atoms with van der Waals surface area (Å²) in [6, 6.07) is 3.78. The summed E-state index contributed by atoms with van der Waals surface area (Å²) in [6.07, 6.45) is -3.54. The lowest BCUT2D eigenvalue weighted by Crippen LogP contribution is -2.17. The number of nitrogens with one attached hydrogen (secondary N) is 1. The number of alkyl halides is 3. The second-order valence-corrected chi connectivity index (χ2v) is 4.68. The van der Waals surface area contributed by atoms with E-state index in [0.717, 1.165) is 12.5 Å². The van der Waals surface area contributed by atoms with E-state index in [4.69, 9.17) is 16.3 Å². The molecule has 1 N–H and O–H groups in total. The molecule has 1 aliphatic heterocycles. The van der Waals surface area contributed by atoms with Crippen LogP contribution in [0.2, 0.25) is 5.02 Å². The van der Waals surface area contributed by atoms with Crippen molar-refractivity contribution in [1.82, 2.24) is 0 Å². The van der Waals surface area contributed by atoms with Crippen LogP contribution in [0.1, 0.15) is 12.0 Å². The molecule has 1 heterocycles. The fourth-order valence-electron chi connectivity index (χ4n) is 1.93. The van der Waals surface area contributed by atoms with Gasteiger partial charge in [0, 0.05) is 19.1 Å². The van der Waals surface area contributed by atoms with Gasteiger partial charge >= 0.3 is 6.18 Å². The Morgan fingerprint density at radius 1 is 1.39 bits per heavy atom. The van der Waals surface area contributed by atoms with Crippen molar-refractivity contribution in [3.63, 3.8) is 0 Å². The van der Waals surface area contributed by atoms with Gasteiger partial charge in [-0.3, -0.25) is 0 Å². The molecule has 2 nitrogen and oxygen atoms in total. The molecule has 0 aliphatic carbocycles. The third-order valence-corrected chi connectivity index (χ3v) is 3.23. The van der Waals surface area contributed by atoms with Gasteiger partial charge in [-0.15, -0.1) is 0 Å². The van der Waals surface area contributed by atoms with E-state index < -0.39 is 11.7 Å². The van der Waals surface area contributed by atoms with Crippen LogP contribution in [0.5, 0.6) is 0 Å². The molecule has 0 aromatic heterocycles. The quantitative estimate of drug-likeness (QED) is 0.908. The van der Waals surface area contributed by atoms with Crippen LogP contribution in [0.25, 0.3) is 0 Å². The highest BCUT2D eigenvalue weighted by Crippen LogP contribution is 2.38. The predicted molar refractivity (Wildman–Crippen MR) is 63.9 cm³/mol. The summed E-state index contributed by atoms with van der Waals surface area (Å²) < 4.78 is 43.6. The molecule has 0 radical (unpaired) electrons. The van der Waals surface area contributed by atoms with Gasteiger partial charge in [0.2, 0.25) is 0 Å². The van der Waals surface area contributed by atoms with Crippen molar-refractivity contribution < 1.29 is 17.9 Å². The second-order valence-electron chi connectivity index (χ2n) is 4.27. The Morgan fingerprint density at radius 3 is 2.78 bits per heavy atom. The van der Waals surface area contributed by atoms with E-state index in [9.17, 15) is 13.2 Å². The maximum atomic E-state index is 12.8. The SMILES string of the molecule is FC(F)(F)c1cccc(Cl)c1NCC1CCOC1. The minimum atomic E-state index is -4.40. The number of hydrogen-bond acceptors (Lipinski definition) is 2. The van der Waals surface area contributed by atoms with Crippen molar-refractivity contribution in [2.24, 2.45) is 5.92 Å². The Morgan fingerprint density at radius 2 is 2.17 bits per heavy atom. The van der Waals surface area contributed by atoms with Crippen LogP contribution in [0, 0.1) is 5.92 Å². The molecule has 0 amide bonds. The van der Waals surface area contributed by atoms with Crippen LogP contribution in [-0.2, 0) is 10.9 Å². The number of hydrogen-bond donors (Lipinski definition) is 1.